The van der Waals surface area contributed by atoms with Crippen LogP contribution in [0.4, 0.5) is 10.1 Å². The van der Waals surface area contributed by atoms with E-state index in [-0.39, 0.29) is 5.82 Å². The van der Waals surface area contributed by atoms with Crippen molar-refractivity contribution in [1.82, 2.24) is 4.57 Å². The van der Waals surface area contributed by atoms with E-state index in [1.165, 1.54) is 12.1 Å². The molecule has 0 fully saturated rings. The normalized spacial score (nSPS) is 11.1. The van der Waals surface area contributed by atoms with Gasteiger partial charge in [0.05, 0.1) is 6.54 Å². The molecule has 1 aromatic heterocycles. The summed E-state index contributed by atoms with van der Waals surface area (Å²) in [5.41, 5.74) is 8.45. The van der Waals surface area contributed by atoms with Gasteiger partial charge in [0.15, 0.2) is 0 Å². The number of nitrogens with two attached hydrogens (primary N) is 1. The topological polar surface area (TPSA) is 30.9 Å². The van der Waals surface area contributed by atoms with E-state index >= 15 is 0 Å². The summed E-state index contributed by atoms with van der Waals surface area (Å²) >= 11 is 6.17. The first kappa shape index (κ1) is 12.1. The molecule has 2 N–H and O–H groups in total. The maximum Gasteiger partial charge on any atom is 0.123 e. The maximum absolute atomic E-state index is 13.2. The van der Waals surface area contributed by atoms with Crippen LogP contribution in [0.15, 0.2) is 48.7 Å². The van der Waals surface area contributed by atoms with Crippen molar-refractivity contribution in [2.75, 3.05) is 5.73 Å². The van der Waals surface area contributed by atoms with Gasteiger partial charge in [-0.15, -0.1) is 0 Å². The minimum absolute atomic E-state index is 0.234. The van der Waals surface area contributed by atoms with E-state index in [0.717, 1.165) is 16.5 Å². The maximum atomic E-state index is 13.2. The number of nitrogen functional groups attached to an aromatic ring is 1. The Balaban J connectivity index is 2.06. The zero-order valence-corrected chi connectivity index (χ0v) is 10.9. The SMILES string of the molecule is Nc1cccc(Cl)c1Cn1ccc2cc(F)ccc21. The average molecular weight is 275 g/mol. The number of anilines is 1. The summed E-state index contributed by atoms with van der Waals surface area (Å²) in [7, 11) is 0. The largest absolute Gasteiger partial charge is 0.398 e. The van der Waals surface area contributed by atoms with Gasteiger partial charge in [0.25, 0.3) is 0 Å². The molecule has 0 bridgehead atoms. The molecule has 2 nitrogen and oxygen atoms in total. The fraction of sp³-hybridized carbons (Fsp3) is 0.0667. The predicted molar refractivity (Wildman–Crippen MR) is 76.9 cm³/mol. The standard InChI is InChI=1S/C15H12ClFN2/c16-13-2-1-3-14(18)12(13)9-19-7-6-10-8-11(17)4-5-15(10)19/h1-8H,9,18H2. The van der Waals surface area contributed by atoms with Crippen molar-refractivity contribution in [2.24, 2.45) is 0 Å². The molecule has 2 aromatic carbocycles. The molecule has 0 spiro atoms. The molecule has 3 aromatic rings. The highest BCUT2D eigenvalue weighted by Crippen LogP contribution is 2.25. The van der Waals surface area contributed by atoms with Crippen molar-refractivity contribution in [3.63, 3.8) is 0 Å². The van der Waals surface area contributed by atoms with Crippen LogP contribution in [0.3, 0.4) is 0 Å². The highest BCUT2D eigenvalue weighted by molar-refractivity contribution is 6.31. The highest BCUT2D eigenvalue weighted by atomic mass is 35.5. The number of aromatic nitrogens is 1. The third kappa shape index (κ3) is 2.17. The van der Waals surface area contributed by atoms with Gasteiger partial charge in [-0.3, -0.25) is 0 Å². The monoisotopic (exact) mass is 274 g/mol. The Bertz CT molecular complexity index is 729. The van der Waals surface area contributed by atoms with E-state index in [4.69, 9.17) is 17.3 Å². The minimum Gasteiger partial charge on any atom is -0.398 e. The zero-order chi connectivity index (χ0) is 13.4. The fourth-order valence-electron chi connectivity index (χ4n) is 2.22. The van der Waals surface area contributed by atoms with Crippen LogP contribution in [0.25, 0.3) is 10.9 Å². The van der Waals surface area contributed by atoms with Crippen molar-refractivity contribution in [2.45, 2.75) is 6.54 Å². The number of hydrogen-bond donors (Lipinski definition) is 1. The molecule has 0 aliphatic rings. The fourth-order valence-corrected chi connectivity index (χ4v) is 2.46. The summed E-state index contributed by atoms with van der Waals surface area (Å²) in [6, 6.07) is 12.1. The molecule has 0 aliphatic heterocycles. The van der Waals surface area contributed by atoms with E-state index < -0.39 is 0 Å². The number of nitrogens with zero attached hydrogens (tertiary/aromatic N) is 1. The van der Waals surface area contributed by atoms with Gasteiger partial charge in [-0.1, -0.05) is 17.7 Å². The molecular formula is C15H12ClFN2. The molecule has 19 heavy (non-hydrogen) atoms. The Kier molecular flexibility index (Phi) is 2.91. The van der Waals surface area contributed by atoms with Gasteiger partial charge in [0.2, 0.25) is 0 Å². The zero-order valence-electron chi connectivity index (χ0n) is 10.1. The Morgan fingerprint density at radius 3 is 2.79 bits per heavy atom. The first-order chi connectivity index (χ1) is 9.15. The molecule has 0 unspecified atom stereocenters. The lowest BCUT2D eigenvalue weighted by atomic mass is 10.1. The van der Waals surface area contributed by atoms with Crippen LogP contribution in [0.1, 0.15) is 5.56 Å². The molecule has 3 rings (SSSR count). The molecule has 0 saturated carbocycles. The van der Waals surface area contributed by atoms with E-state index in [2.05, 4.69) is 0 Å². The molecule has 4 heteroatoms. The van der Waals surface area contributed by atoms with Gasteiger partial charge in [-0.2, -0.15) is 0 Å². The smallest absolute Gasteiger partial charge is 0.123 e. The van der Waals surface area contributed by atoms with E-state index in [0.29, 0.717) is 17.3 Å². The lowest BCUT2D eigenvalue weighted by Gasteiger charge is -2.10. The minimum atomic E-state index is -0.234. The summed E-state index contributed by atoms with van der Waals surface area (Å²) in [6.45, 7) is 0.570. The van der Waals surface area contributed by atoms with Gasteiger partial charge >= 0.3 is 0 Å². The van der Waals surface area contributed by atoms with Crippen LogP contribution in [0, 0.1) is 5.82 Å². The van der Waals surface area contributed by atoms with Crippen molar-refractivity contribution < 1.29 is 4.39 Å². The van der Waals surface area contributed by atoms with Crippen LogP contribution in [-0.4, -0.2) is 4.57 Å². The summed E-state index contributed by atoms with van der Waals surface area (Å²) in [5.74, 6) is -0.234. The van der Waals surface area contributed by atoms with Crippen molar-refractivity contribution in [3.8, 4) is 0 Å². The Hall–Kier alpha value is -2.00. The number of hydrogen-bond acceptors (Lipinski definition) is 1. The Labute approximate surface area is 115 Å². The summed E-state index contributed by atoms with van der Waals surface area (Å²) < 4.78 is 15.2. The van der Waals surface area contributed by atoms with Gasteiger partial charge in [-0.05, 0) is 36.4 Å². The molecule has 96 valence electrons. The Morgan fingerprint density at radius 1 is 1.16 bits per heavy atom. The number of benzene rings is 2. The highest BCUT2D eigenvalue weighted by Gasteiger charge is 2.08. The van der Waals surface area contributed by atoms with Crippen LogP contribution < -0.4 is 5.73 Å². The lowest BCUT2D eigenvalue weighted by Crippen LogP contribution is -2.02. The third-order valence-corrected chi connectivity index (χ3v) is 3.57. The molecule has 0 radical (unpaired) electrons. The molecular weight excluding hydrogens is 263 g/mol. The molecule has 0 saturated heterocycles. The van der Waals surface area contributed by atoms with Crippen molar-refractivity contribution >= 4 is 28.2 Å². The van der Waals surface area contributed by atoms with Gasteiger partial charge in [-0.25, -0.2) is 4.39 Å². The van der Waals surface area contributed by atoms with Crippen molar-refractivity contribution in [1.29, 1.82) is 0 Å². The number of rotatable bonds is 2. The second-order valence-electron chi connectivity index (χ2n) is 4.45. The average Bonchev–Trinajstić information content (AvgIpc) is 2.76. The molecule has 0 atom stereocenters. The predicted octanol–water partition coefficient (Wildman–Crippen LogP) is 4.06. The van der Waals surface area contributed by atoms with E-state index in [1.807, 2.05) is 35.0 Å². The van der Waals surface area contributed by atoms with Crippen LogP contribution in [-0.2, 0) is 6.54 Å². The Morgan fingerprint density at radius 2 is 2.00 bits per heavy atom. The molecule has 0 aliphatic carbocycles. The quantitative estimate of drug-likeness (QED) is 0.702. The van der Waals surface area contributed by atoms with Crippen LogP contribution in [0.5, 0.6) is 0 Å². The van der Waals surface area contributed by atoms with Gasteiger partial charge in [0, 0.05) is 33.4 Å². The molecule has 0 amide bonds. The second kappa shape index (κ2) is 4.59. The lowest BCUT2D eigenvalue weighted by molar-refractivity contribution is 0.629. The second-order valence-corrected chi connectivity index (χ2v) is 4.86. The first-order valence-electron chi connectivity index (χ1n) is 5.92. The summed E-state index contributed by atoms with van der Waals surface area (Å²) in [4.78, 5) is 0. The summed E-state index contributed by atoms with van der Waals surface area (Å²) in [6.07, 6.45) is 1.91. The summed E-state index contributed by atoms with van der Waals surface area (Å²) in [5, 5.41) is 1.51. The van der Waals surface area contributed by atoms with E-state index in [9.17, 15) is 4.39 Å². The van der Waals surface area contributed by atoms with Gasteiger partial charge < -0.3 is 10.3 Å². The van der Waals surface area contributed by atoms with Crippen molar-refractivity contribution in [3.05, 3.63) is 65.1 Å². The van der Waals surface area contributed by atoms with Crippen LogP contribution >= 0.6 is 11.6 Å². The number of halogens is 2. The molecule has 1 heterocycles. The first-order valence-corrected chi connectivity index (χ1v) is 6.30. The van der Waals surface area contributed by atoms with E-state index in [1.54, 1.807) is 6.07 Å². The van der Waals surface area contributed by atoms with Gasteiger partial charge in [0.1, 0.15) is 5.82 Å². The number of fused-ring (bicyclic) bond motifs is 1. The third-order valence-electron chi connectivity index (χ3n) is 3.22. The van der Waals surface area contributed by atoms with Crippen LogP contribution in [0.2, 0.25) is 5.02 Å².